The van der Waals surface area contributed by atoms with Gasteiger partial charge < -0.3 is 9.47 Å². The van der Waals surface area contributed by atoms with Crippen molar-refractivity contribution in [3.8, 4) is 11.5 Å². The number of halogens is 1. The molecule has 7 heteroatoms. The van der Waals surface area contributed by atoms with Crippen LogP contribution in [0.15, 0.2) is 46.9 Å². The first-order valence-corrected chi connectivity index (χ1v) is 7.91. The van der Waals surface area contributed by atoms with E-state index in [4.69, 9.17) is 9.47 Å². The van der Waals surface area contributed by atoms with Gasteiger partial charge in [-0.15, -0.1) is 0 Å². The monoisotopic (exact) mass is 392 g/mol. The van der Waals surface area contributed by atoms with Gasteiger partial charge >= 0.3 is 0 Å². The second kappa shape index (κ2) is 8.35. The highest BCUT2D eigenvalue weighted by Crippen LogP contribution is 2.17. The summed E-state index contributed by atoms with van der Waals surface area (Å²) in [7, 11) is 1.57. The van der Waals surface area contributed by atoms with Crippen LogP contribution in [0.25, 0.3) is 0 Å². The minimum Gasteiger partial charge on any atom is -0.497 e. The molecule has 2 aromatic carbocycles. The van der Waals surface area contributed by atoms with Crippen LogP contribution in [0.5, 0.6) is 11.5 Å². The Morgan fingerprint density at radius 1 is 1.04 bits per heavy atom. The van der Waals surface area contributed by atoms with E-state index in [0.29, 0.717) is 17.1 Å². The van der Waals surface area contributed by atoms with Gasteiger partial charge in [-0.25, -0.2) is 0 Å². The van der Waals surface area contributed by atoms with Crippen LogP contribution in [0.4, 0.5) is 0 Å². The Labute approximate surface area is 148 Å². The molecule has 0 aliphatic carbocycles. The number of hydrogen-bond donors (Lipinski definition) is 2. The molecule has 0 radical (unpaired) electrons. The van der Waals surface area contributed by atoms with Crippen molar-refractivity contribution in [3.05, 3.63) is 58.1 Å². The van der Waals surface area contributed by atoms with Crippen molar-refractivity contribution in [1.82, 2.24) is 10.9 Å². The molecule has 0 fully saturated rings. The van der Waals surface area contributed by atoms with Crippen molar-refractivity contribution in [2.24, 2.45) is 0 Å². The minimum absolute atomic E-state index is 0.218. The lowest BCUT2D eigenvalue weighted by atomic mass is 10.1. The SMILES string of the molecule is COc1ccc(OCC(=O)NNC(=O)c2ccc(C)c(Br)c2)cc1. The van der Waals surface area contributed by atoms with Crippen LogP contribution in [0.3, 0.4) is 0 Å². The average Bonchev–Trinajstić information content (AvgIpc) is 2.60. The quantitative estimate of drug-likeness (QED) is 0.766. The van der Waals surface area contributed by atoms with Crippen molar-refractivity contribution < 1.29 is 19.1 Å². The number of nitrogens with one attached hydrogen (secondary N) is 2. The first-order chi connectivity index (χ1) is 11.5. The molecule has 0 saturated carbocycles. The Morgan fingerprint density at radius 3 is 2.33 bits per heavy atom. The summed E-state index contributed by atoms with van der Waals surface area (Å²) in [6.45, 7) is 1.70. The van der Waals surface area contributed by atoms with Crippen LogP contribution in [-0.2, 0) is 4.79 Å². The zero-order valence-electron chi connectivity index (χ0n) is 13.3. The highest BCUT2D eigenvalue weighted by Gasteiger charge is 2.09. The van der Waals surface area contributed by atoms with E-state index >= 15 is 0 Å². The molecular formula is C17H17BrN2O4. The molecule has 2 amide bonds. The van der Waals surface area contributed by atoms with Crippen LogP contribution in [0.2, 0.25) is 0 Å². The van der Waals surface area contributed by atoms with E-state index in [2.05, 4.69) is 26.8 Å². The molecule has 126 valence electrons. The van der Waals surface area contributed by atoms with Gasteiger partial charge in [0.25, 0.3) is 11.8 Å². The van der Waals surface area contributed by atoms with Crippen molar-refractivity contribution in [2.45, 2.75) is 6.92 Å². The molecule has 24 heavy (non-hydrogen) atoms. The van der Waals surface area contributed by atoms with Gasteiger partial charge in [-0.1, -0.05) is 22.0 Å². The molecule has 0 atom stereocenters. The summed E-state index contributed by atoms with van der Waals surface area (Å²) in [4.78, 5) is 23.7. The molecule has 0 saturated heterocycles. The smallest absolute Gasteiger partial charge is 0.276 e. The summed E-state index contributed by atoms with van der Waals surface area (Å²) in [6, 6.07) is 12.0. The first-order valence-electron chi connectivity index (χ1n) is 7.12. The highest BCUT2D eigenvalue weighted by molar-refractivity contribution is 9.10. The fourth-order valence-electron chi connectivity index (χ4n) is 1.79. The third-order valence-electron chi connectivity index (χ3n) is 3.18. The summed E-state index contributed by atoms with van der Waals surface area (Å²) in [5.74, 6) is 0.349. The molecule has 2 N–H and O–H groups in total. The number of hydrazine groups is 1. The van der Waals surface area contributed by atoms with Crippen molar-refractivity contribution in [2.75, 3.05) is 13.7 Å². The van der Waals surface area contributed by atoms with E-state index < -0.39 is 11.8 Å². The van der Waals surface area contributed by atoms with Gasteiger partial charge in [0, 0.05) is 10.0 Å². The summed E-state index contributed by atoms with van der Waals surface area (Å²) < 4.78 is 11.2. The topological polar surface area (TPSA) is 76.7 Å². The molecule has 0 aromatic heterocycles. The maximum atomic E-state index is 12.0. The number of carbonyl (C=O) groups excluding carboxylic acids is 2. The summed E-state index contributed by atoms with van der Waals surface area (Å²) >= 11 is 3.36. The molecule has 2 aromatic rings. The molecule has 2 rings (SSSR count). The fourth-order valence-corrected chi connectivity index (χ4v) is 2.17. The van der Waals surface area contributed by atoms with E-state index in [1.165, 1.54) is 0 Å². The predicted molar refractivity (Wildman–Crippen MR) is 93.0 cm³/mol. The number of amides is 2. The zero-order chi connectivity index (χ0) is 17.5. The lowest BCUT2D eigenvalue weighted by molar-refractivity contribution is -0.123. The summed E-state index contributed by atoms with van der Waals surface area (Å²) in [5.41, 5.74) is 6.10. The van der Waals surface area contributed by atoms with Crippen LogP contribution in [0.1, 0.15) is 15.9 Å². The van der Waals surface area contributed by atoms with E-state index in [1.807, 2.05) is 13.0 Å². The van der Waals surface area contributed by atoms with Gasteiger partial charge in [0.2, 0.25) is 0 Å². The number of rotatable bonds is 5. The summed E-state index contributed by atoms with van der Waals surface area (Å²) in [6.07, 6.45) is 0. The lowest BCUT2D eigenvalue weighted by Gasteiger charge is -2.10. The third-order valence-corrected chi connectivity index (χ3v) is 4.03. The first kappa shape index (κ1) is 17.8. The lowest BCUT2D eigenvalue weighted by Crippen LogP contribution is -2.43. The number of carbonyl (C=O) groups is 2. The van der Waals surface area contributed by atoms with E-state index in [1.54, 1.807) is 43.5 Å². The standard InChI is InChI=1S/C17H17BrN2O4/c1-11-3-4-12(9-15(11)18)17(22)20-19-16(21)10-24-14-7-5-13(23-2)6-8-14/h3-9H,10H2,1-2H3,(H,19,21)(H,20,22). The van der Waals surface area contributed by atoms with Crippen molar-refractivity contribution in [3.63, 3.8) is 0 Å². The Bertz CT molecular complexity index is 732. The Hall–Kier alpha value is -2.54. The van der Waals surface area contributed by atoms with Crippen molar-refractivity contribution >= 4 is 27.7 Å². The Kier molecular flexibility index (Phi) is 6.20. The number of aryl methyl sites for hydroxylation is 1. The second-order valence-corrected chi connectivity index (χ2v) is 5.78. The molecule has 0 aliphatic heterocycles. The average molecular weight is 393 g/mol. The molecule has 0 aliphatic rings. The molecule has 0 bridgehead atoms. The largest absolute Gasteiger partial charge is 0.497 e. The molecule has 0 unspecified atom stereocenters. The number of ether oxygens (including phenoxy) is 2. The normalized spacial score (nSPS) is 9.96. The third kappa shape index (κ3) is 4.99. The molecule has 6 nitrogen and oxygen atoms in total. The number of benzene rings is 2. The maximum Gasteiger partial charge on any atom is 0.276 e. The van der Waals surface area contributed by atoms with Gasteiger partial charge in [0.1, 0.15) is 11.5 Å². The van der Waals surface area contributed by atoms with Crippen LogP contribution >= 0.6 is 15.9 Å². The van der Waals surface area contributed by atoms with E-state index in [0.717, 1.165) is 10.0 Å². The maximum absolute atomic E-state index is 12.0. The number of hydrogen-bond acceptors (Lipinski definition) is 4. The van der Waals surface area contributed by atoms with Crippen LogP contribution in [0, 0.1) is 6.92 Å². The summed E-state index contributed by atoms with van der Waals surface area (Å²) in [5, 5.41) is 0. The zero-order valence-corrected chi connectivity index (χ0v) is 14.8. The number of methoxy groups -OCH3 is 1. The molecule has 0 heterocycles. The Morgan fingerprint density at radius 2 is 1.71 bits per heavy atom. The Balaban J connectivity index is 1.79. The van der Waals surface area contributed by atoms with Gasteiger partial charge in [-0.3, -0.25) is 20.4 Å². The second-order valence-electron chi connectivity index (χ2n) is 4.93. The van der Waals surface area contributed by atoms with Gasteiger partial charge in [-0.2, -0.15) is 0 Å². The van der Waals surface area contributed by atoms with E-state index in [9.17, 15) is 9.59 Å². The fraction of sp³-hybridized carbons (Fsp3) is 0.176. The van der Waals surface area contributed by atoms with Gasteiger partial charge in [-0.05, 0) is 48.9 Å². The molecule has 0 spiro atoms. The van der Waals surface area contributed by atoms with Crippen LogP contribution < -0.4 is 20.3 Å². The van der Waals surface area contributed by atoms with Gasteiger partial charge in [0.05, 0.1) is 7.11 Å². The predicted octanol–water partition coefficient (Wildman–Crippen LogP) is 2.61. The highest BCUT2D eigenvalue weighted by atomic mass is 79.9. The van der Waals surface area contributed by atoms with Crippen LogP contribution in [-0.4, -0.2) is 25.5 Å². The van der Waals surface area contributed by atoms with Gasteiger partial charge in [0.15, 0.2) is 6.61 Å². The van der Waals surface area contributed by atoms with E-state index in [-0.39, 0.29) is 6.61 Å². The molecular weight excluding hydrogens is 376 g/mol. The minimum atomic E-state index is -0.467. The van der Waals surface area contributed by atoms with Crippen molar-refractivity contribution in [1.29, 1.82) is 0 Å².